The second-order valence-corrected chi connectivity index (χ2v) is 6.79. The van der Waals surface area contributed by atoms with E-state index in [0.29, 0.717) is 6.54 Å². The van der Waals surface area contributed by atoms with Crippen LogP contribution in [0.3, 0.4) is 0 Å². The summed E-state index contributed by atoms with van der Waals surface area (Å²) in [7, 11) is 1.89. The van der Waals surface area contributed by atoms with E-state index >= 15 is 0 Å². The molecule has 8 heteroatoms. The van der Waals surface area contributed by atoms with Crippen molar-refractivity contribution in [2.45, 2.75) is 19.4 Å². The van der Waals surface area contributed by atoms with Crippen LogP contribution in [0.25, 0.3) is 11.4 Å². The Morgan fingerprint density at radius 1 is 1.33 bits per heavy atom. The number of hydrogen-bond acceptors (Lipinski definition) is 5. The Morgan fingerprint density at radius 3 is 2.96 bits per heavy atom. The van der Waals surface area contributed by atoms with Gasteiger partial charge < -0.3 is 15.2 Å². The van der Waals surface area contributed by atoms with Gasteiger partial charge in [-0.05, 0) is 24.6 Å². The Balaban J connectivity index is 1.58. The summed E-state index contributed by atoms with van der Waals surface area (Å²) >= 11 is 0. The number of nitrogens with one attached hydrogen (secondary N) is 2. The first-order chi connectivity index (χ1) is 13.2. The smallest absolute Gasteiger partial charge is 0.229 e. The van der Waals surface area contributed by atoms with Crippen molar-refractivity contribution < 1.29 is 4.79 Å². The number of nitrogens with zero attached hydrogens (tertiary/aromatic N) is 5. The molecule has 4 rings (SSSR count). The second kappa shape index (κ2) is 7.32. The maximum Gasteiger partial charge on any atom is 0.229 e. The van der Waals surface area contributed by atoms with E-state index in [9.17, 15) is 4.79 Å². The van der Waals surface area contributed by atoms with Crippen LogP contribution in [0.15, 0.2) is 43.0 Å². The fourth-order valence-corrected chi connectivity index (χ4v) is 3.64. The minimum absolute atomic E-state index is 0.00358. The predicted octanol–water partition coefficient (Wildman–Crippen LogP) is 1.64. The van der Waals surface area contributed by atoms with Crippen molar-refractivity contribution in [1.29, 1.82) is 0 Å². The Hall–Kier alpha value is -3.00. The predicted molar refractivity (Wildman–Crippen MR) is 102 cm³/mol. The van der Waals surface area contributed by atoms with Gasteiger partial charge in [-0.1, -0.05) is 12.1 Å². The molecule has 1 amide bonds. The SMILES string of the molecule is CCn1cnnc1-c1ccccc1NC(=O)[C@H]1CNC[C@@H]1c1cnn(C)c1. The van der Waals surface area contributed by atoms with Gasteiger partial charge in [-0.25, -0.2) is 0 Å². The van der Waals surface area contributed by atoms with Gasteiger partial charge in [0.25, 0.3) is 0 Å². The van der Waals surface area contributed by atoms with Crippen molar-refractivity contribution in [3.8, 4) is 11.4 Å². The molecule has 3 heterocycles. The number of anilines is 1. The first kappa shape index (κ1) is 17.4. The first-order valence-corrected chi connectivity index (χ1v) is 9.14. The molecule has 1 aromatic carbocycles. The third kappa shape index (κ3) is 3.35. The molecule has 0 spiro atoms. The van der Waals surface area contributed by atoms with Gasteiger partial charge >= 0.3 is 0 Å². The summed E-state index contributed by atoms with van der Waals surface area (Å²) in [6.07, 6.45) is 5.53. The number of carbonyl (C=O) groups excluding carboxylic acids is 1. The van der Waals surface area contributed by atoms with E-state index in [0.717, 1.165) is 35.7 Å². The largest absolute Gasteiger partial charge is 0.325 e. The number of para-hydroxylation sites is 1. The van der Waals surface area contributed by atoms with Gasteiger partial charge in [0.2, 0.25) is 5.91 Å². The molecule has 140 valence electrons. The maximum absolute atomic E-state index is 13.1. The molecular formula is C19H23N7O. The Labute approximate surface area is 157 Å². The topological polar surface area (TPSA) is 89.7 Å². The number of carbonyl (C=O) groups is 1. The molecule has 1 aliphatic rings. The lowest BCUT2D eigenvalue weighted by Gasteiger charge is -2.18. The summed E-state index contributed by atoms with van der Waals surface area (Å²) in [5.41, 5.74) is 2.71. The van der Waals surface area contributed by atoms with Crippen molar-refractivity contribution in [2.24, 2.45) is 13.0 Å². The summed E-state index contributed by atoms with van der Waals surface area (Å²) < 4.78 is 3.73. The molecule has 2 N–H and O–H groups in total. The highest BCUT2D eigenvalue weighted by Crippen LogP contribution is 2.31. The number of aromatic nitrogens is 5. The van der Waals surface area contributed by atoms with E-state index in [1.807, 2.05) is 55.2 Å². The zero-order valence-electron chi connectivity index (χ0n) is 15.5. The van der Waals surface area contributed by atoms with Gasteiger partial charge in [-0.2, -0.15) is 5.10 Å². The summed E-state index contributed by atoms with van der Waals surface area (Å²) in [5, 5.41) is 18.9. The number of hydrogen-bond donors (Lipinski definition) is 2. The van der Waals surface area contributed by atoms with Crippen LogP contribution in [0.5, 0.6) is 0 Å². The Kier molecular flexibility index (Phi) is 4.72. The van der Waals surface area contributed by atoms with Crippen LogP contribution in [0.1, 0.15) is 18.4 Å². The van der Waals surface area contributed by atoms with Gasteiger partial charge in [0.15, 0.2) is 5.82 Å². The molecule has 1 aliphatic heterocycles. The number of rotatable bonds is 5. The van der Waals surface area contributed by atoms with Crippen LogP contribution in [0, 0.1) is 5.92 Å². The van der Waals surface area contributed by atoms with Gasteiger partial charge in [0.1, 0.15) is 6.33 Å². The minimum atomic E-state index is -0.147. The van der Waals surface area contributed by atoms with E-state index in [-0.39, 0.29) is 17.7 Å². The lowest BCUT2D eigenvalue weighted by Crippen LogP contribution is -2.28. The monoisotopic (exact) mass is 365 g/mol. The van der Waals surface area contributed by atoms with Crippen molar-refractivity contribution in [3.63, 3.8) is 0 Å². The van der Waals surface area contributed by atoms with E-state index in [1.165, 1.54) is 0 Å². The normalized spacial score (nSPS) is 19.3. The van der Waals surface area contributed by atoms with E-state index < -0.39 is 0 Å². The highest BCUT2D eigenvalue weighted by molar-refractivity contribution is 5.97. The maximum atomic E-state index is 13.1. The molecule has 27 heavy (non-hydrogen) atoms. The first-order valence-electron chi connectivity index (χ1n) is 9.14. The average molecular weight is 365 g/mol. The van der Waals surface area contributed by atoms with Crippen molar-refractivity contribution in [3.05, 3.63) is 48.5 Å². The van der Waals surface area contributed by atoms with Crippen LogP contribution in [-0.2, 0) is 18.4 Å². The molecule has 2 atom stereocenters. The Bertz CT molecular complexity index is 945. The van der Waals surface area contributed by atoms with Crippen LogP contribution < -0.4 is 10.6 Å². The van der Waals surface area contributed by atoms with E-state index in [1.54, 1.807) is 11.0 Å². The molecule has 3 aromatic rings. The second-order valence-electron chi connectivity index (χ2n) is 6.79. The molecule has 0 bridgehead atoms. The van der Waals surface area contributed by atoms with Crippen LogP contribution in [0.4, 0.5) is 5.69 Å². The molecule has 0 saturated carbocycles. The number of benzene rings is 1. The number of amides is 1. The standard InChI is InChI=1S/C19H23N7O/c1-3-26-12-21-24-18(26)14-6-4-5-7-17(14)23-19(27)16-10-20-9-15(16)13-8-22-25(2)11-13/h4-8,11-12,15-16,20H,3,9-10H2,1-2H3,(H,23,27)/t15-,16+/m1/s1. The van der Waals surface area contributed by atoms with Crippen molar-refractivity contribution in [2.75, 3.05) is 18.4 Å². The highest BCUT2D eigenvalue weighted by Gasteiger charge is 2.35. The summed E-state index contributed by atoms with van der Waals surface area (Å²) in [6, 6.07) is 7.72. The fraction of sp³-hybridized carbons (Fsp3) is 0.368. The lowest BCUT2D eigenvalue weighted by atomic mass is 9.90. The summed E-state index contributed by atoms with van der Waals surface area (Å²) in [6.45, 7) is 4.23. The van der Waals surface area contributed by atoms with Gasteiger partial charge in [0, 0.05) is 44.4 Å². The van der Waals surface area contributed by atoms with Crippen molar-refractivity contribution >= 4 is 11.6 Å². The van der Waals surface area contributed by atoms with Crippen LogP contribution in [-0.4, -0.2) is 43.5 Å². The molecule has 8 nitrogen and oxygen atoms in total. The fourth-order valence-electron chi connectivity index (χ4n) is 3.64. The molecular weight excluding hydrogens is 342 g/mol. The summed E-state index contributed by atoms with van der Waals surface area (Å²) in [4.78, 5) is 13.1. The third-order valence-corrected chi connectivity index (χ3v) is 5.09. The van der Waals surface area contributed by atoms with Gasteiger partial charge in [0.05, 0.1) is 17.8 Å². The zero-order chi connectivity index (χ0) is 18.8. The Morgan fingerprint density at radius 2 is 2.19 bits per heavy atom. The highest BCUT2D eigenvalue weighted by atomic mass is 16.2. The molecule has 2 aromatic heterocycles. The minimum Gasteiger partial charge on any atom is -0.325 e. The van der Waals surface area contributed by atoms with E-state index in [2.05, 4.69) is 25.9 Å². The zero-order valence-corrected chi connectivity index (χ0v) is 15.5. The average Bonchev–Trinajstić information content (AvgIpc) is 3.41. The molecule has 1 fully saturated rings. The lowest BCUT2D eigenvalue weighted by molar-refractivity contribution is -0.119. The molecule has 0 radical (unpaired) electrons. The van der Waals surface area contributed by atoms with Gasteiger partial charge in [-0.3, -0.25) is 9.48 Å². The van der Waals surface area contributed by atoms with Crippen molar-refractivity contribution in [1.82, 2.24) is 29.9 Å². The van der Waals surface area contributed by atoms with Crippen LogP contribution >= 0.6 is 0 Å². The number of aryl methyl sites for hydroxylation is 2. The summed E-state index contributed by atoms with van der Waals surface area (Å²) in [5.74, 6) is 0.724. The third-order valence-electron chi connectivity index (χ3n) is 5.09. The molecule has 0 aliphatic carbocycles. The molecule has 0 unspecified atom stereocenters. The van der Waals surface area contributed by atoms with Gasteiger partial charge in [-0.15, -0.1) is 10.2 Å². The van der Waals surface area contributed by atoms with Crippen LogP contribution in [0.2, 0.25) is 0 Å². The molecule has 1 saturated heterocycles. The quantitative estimate of drug-likeness (QED) is 0.717. The van der Waals surface area contributed by atoms with E-state index in [4.69, 9.17) is 0 Å².